The number of halogens is 2. The maximum absolute atomic E-state index is 12.9. The van der Waals surface area contributed by atoms with Gasteiger partial charge in [-0.1, -0.05) is 44.0 Å². The van der Waals surface area contributed by atoms with Gasteiger partial charge in [0.2, 0.25) is 11.8 Å². The van der Waals surface area contributed by atoms with E-state index in [9.17, 15) is 14.4 Å². The number of fused-ring (bicyclic) bond motifs is 1. The Labute approximate surface area is 197 Å². The van der Waals surface area contributed by atoms with Crippen molar-refractivity contribution in [3.05, 3.63) is 54.1 Å². The number of rotatable bonds is 5. The van der Waals surface area contributed by atoms with E-state index in [2.05, 4.69) is 31.9 Å². The zero-order chi connectivity index (χ0) is 22.1. The lowest BCUT2D eigenvalue weighted by Gasteiger charge is -2.29. The Morgan fingerprint density at radius 2 is 1.42 bits per heavy atom. The molecule has 1 aliphatic heterocycles. The third-order valence-corrected chi connectivity index (χ3v) is 8.48. The number of imide groups is 1. The number of benzene rings is 2. The lowest BCUT2D eigenvalue weighted by Crippen LogP contribution is -2.34. The minimum absolute atomic E-state index is 0.125. The van der Waals surface area contributed by atoms with Gasteiger partial charge in [0.05, 0.1) is 31.1 Å². The summed E-state index contributed by atoms with van der Waals surface area (Å²) in [6.45, 7) is 0. The van der Waals surface area contributed by atoms with Crippen LogP contribution in [0.1, 0.15) is 18.4 Å². The number of esters is 1. The SMILES string of the molecule is COc1ccc(CC(=O)Oc2ccc(N3C(=O)C4CC(Br)C(Br)CC4C3=O)cc2)cc1. The van der Waals surface area contributed by atoms with Crippen molar-refractivity contribution >= 4 is 55.3 Å². The molecule has 0 aromatic heterocycles. The number of alkyl halides is 2. The summed E-state index contributed by atoms with van der Waals surface area (Å²) in [5.41, 5.74) is 1.31. The van der Waals surface area contributed by atoms with E-state index in [0.717, 1.165) is 11.3 Å². The van der Waals surface area contributed by atoms with Gasteiger partial charge in [-0.25, -0.2) is 0 Å². The van der Waals surface area contributed by atoms with E-state index in [1.165, 1.54) is 4.90 Å². The van der Waals surface area contributed by atoms with Gasteiger partial charge in [0.15, 0.2) is 0 Å². The first kappa shape index (κ1) is 22.0. The fraction of sp³-hybridized carbons (Fsp3) is 0.348. The first-order valence-corrected chi connectivity index (χ1v) is 11.8. The second kappa shape index (κ2) is 9.12. The van der Waals surface area contributed by atoms with Gasteiger partial charge in [-0.3, -0.25) is 19.3 Å². The van der Waals surface area contributed by atoms with E-state index in [1.807, 2.05) is 12.1 Å². The molecule has 1 saturated carbocycles. The third kappa shape index (κ3) is 4.55. The van der Waals surface area contributed by atoms with E-state index < -0.39 is 5.97 Å². The molecule has 6 nitrogen and oxygen atoms in total. The van der Waals surface area contributed by atoms with Crippen molar-refractivity contribution < 1.29 is 23.9 Å². The molecule has 1 aliphatic carbocycles. The van der Waals surface area contributed by atoms with Gasteiger partial charge < -0.3 is 9.47 Å². The minimum atomic E-state index is -0.399. The zero-order valence-corrected chi connectivity index (χ0v) is 20.0. The van der Waals surface area contributed by atoms with E-state index in [4.69, 9.17) is 9.47 Å². The summed E-state index contributed by atoms with van der Waals surface area (Å²) in [4.78, 5) is 39.6. The van der Waals surface area contributed by atoms with Crippen molar-refractivity contribution in [3.8, 4) is 11.5 Å². The molecule has 2 aliphatic rings. The molecule has 162 valence electrons. The van der Waals surface area contributed by atoms with Crippen LogP contribution in [0, 0.1) is 11.8 Å². The van der Waals surface area contributed by atoms with Crippen LogP contribution in [0.4, 0.5) is 5.69 Å². The molecule has 1 saturated heterocycles. The normalized spacial score (nSPS) is 25.3. The van der Waals surface area contributed by atoms with Crippen LogP contribution in [-0.4, -0.2) is 34.5 Å². The molecule has 0 spiro atoms. The molecule has 2 aromatic rings. The smallest absolute Gasteiger partial charge is 0.315 e. The number of hydrogen-bond acceptors (Lipinski definition) is 5. The first-order valence-electron chi connectivity index (χ1n) is 9.97. The maximum atomic E-state index is 12.9. The monoisotopic (exact) mass is 549 g/mol. The Bertz CT molecular complexity index is 964. The minimum Gasteiger partial charge on any atom is -0.497 e. The summed E-state index contributed by atoms with van der Waals surface area (Å²) in [7, 11) is 1.58. The Balaban J connectivity index is 1.41. The van der Waals surface area contributed by atoms with Crippen LogP contribution in [0.15, 0.2) is 48.5 Å². The highest BCUT2D eigenvalue weighted by Crippen LogP contribution is 2.44. The Hall–Kier alpha value is -2.19. The number of carbonyl (C=O) groups is 3. The summed E-state index contributed by atoms with van der Waals surface area (Å²) in [5.74, 6) is -0.243. The number of nitrogens with zero attached hydrogens (tertiary/aromatic N) is 1. The molecule has 1 heterocycles. The van der Waals surface area contributed by atoms with E-state index in [-0.39, 0.29) is 39.7 Å². The van der Waals surface area contributed by atoms with E-state index in [1.54, 1.807) is 43.5 Å². The Kier molecular flexibility index (Phi) is 6.48. The van der Waals surface area contributed by atoms with Crippen molar-refractivity contribution in [1.29, 1.82) is 0 Å². The van der Waals surface area contributed by atoms with Gasteiger partial charge in [0.1, 0.15) is 11.5 Å². The molecule has 2 amide bonds. The lowest BCUT2D eigenvalue weighted by molar-refractivity contribution is -0.133. The zero-order valence-electron chi connectivity index (χ0n) is 16.8. The van der Waals surface area contributed by atoms with Crippen molar-refractivity contribution in [2.75, 3.05) is 12.0 Å². The van der Waals surface area contributed by atoms with Crippen LogP contribution in [0.25, 0.3) is 0 Å². The highest BCUT2D eigenvalue weighted by atomic mass is 79.9. The van der Waals surface area contributed by atoms with E-state index >= 15 is 0 Å². The molecule has 4 unspecified atom stereocenters. The predicted molar refractivity (Wildman–Crippen MR) is 123 cm³/mol. The summed E-state index contributed by atoms with van der Waals surface area (Å²) in [5, 5.41) is 0. The summed E-state index contributed by atoms with van der Waals surface area (Å²) < 4.78 is 10.5. The second-order valence-corrected chi connectivity index (χ2v) is 10.1. The molecule has 4 atom stereocenters. The Morgan fingerprint density at radius 1 is 0.903 bits per heavy atom. The largest absolute Gasteiger partial charge is 0.497 e. The number of anilines is 1. The molecule has 0 radical (unpaired) electrons. The molecule has 4 rings (SSSR count). The number of ether oxygens (including phenoxy) is 2. The lowest BCUT2D eigenvalue weighted by atomic mass is 9.81. The van der Waals surface area contributed by atoms with Crippen molar-refractivity contribution in [2.24, 2.45) is 11.8 Å². The molecule has 2 fully saturated rings. The predicted octanol–water partition coefficient (Wildman–Crippen LogP) is 4.27. The molecular weight excluding hydrogens is 530 g/mol. The van der Waals surface area contributed by atoms with Crippen LogP contribution in [0.5, 0.6) is 11.5 Å². The number of amides is 2. The van der Waals surface area contributed by atoms with Gasteiger partial charge in [-0.2, -0.15) is 0 Å². The Morgan fingerprint density at radius 3 is 1.94 bits per heavy atom. The highest BCUT2D eigenvalue weighted by molar-refractivity contribution is 9.12. The van der Waals surface area contributed by atoms with Gasteiger partial charge in [-0.15, -0.1) is 0 Å². The van der Waals surface area contributed by atoms with Crippen LogP contribution in [-0.2, 0) is 20.8 Å². The van der Waals surface area contributed by atoms with E-state index in [0.29, 0.717) is 24.3 Å². The number of carbonyl (C=O) groups excluding carboxylic acids is 3. The van der Waals surface area contributed by atoms with Crippen molar-refractivity contribution in [2.45, 2.75) is 28.9 Å². The fourth-order valence-electron chi connectivity index (χ4n) is 4.09. The molecule has 0 bridgehead atoms. The highest BCUT2D eigenvalue weighted by Gasteiger charge is 2.52. The quantitative estimate of drug-likeness (QED) is 0.240. The second-order valence-electron chi connectivity index (χ2n) is 7.72. The third-order valence-electron chi connectivity index (χ3n) is 5.75. The van der Waals surface area contributed by atoms with Gasteiger partial charge >= 0.3 is 5.97 Å². The molecule has 2 aromatic carbocycles. The average Bonchev–Trinajstić information content (AvgIpc) is 2.99. The van der Waals surface area contributed by atoms with Crippen LogP contribution < -0.4 is 14.4 Å². The first-order chi connectivity index (χ1) is 14.9. The topological polar surface area (TPSA) is 72.9 Å². The molecule has 8 heteroatoms. The molecule has 31 heavy (non-hydrogen) atoms. The number of hydrogen-bond donors (Lipinski definition) is 0. The van der Waals surface area contributed by atoms with Gasteiger partial charge in [-0.05, 0) is 54.8 Å². The standard InChI is InChI=1S/C23H21Br2NO5/c1-30-15-6-2-13(3-7-15)10-21(27)31-16-8-4-14(5-9-16)26-22(28)17-11-19(24)20(25)12-18(17)23(26)29/h2-9,17-20H,10-12H2,1H3. The number of methoxy groups -OCH3 is 1. The van der Waals surface area contributed by atoms with Gasteiger partial charge in [0.25, 0.3) is 0 Å². The van der Waals surface area contributed by atoms with Crippen molar-refractivity contribution in [3.63, 3.8) is 0 Å². The average molecular weight is 551 g/mol. The summed E-state index contributed by atoms with van der Waals surface area (Å²) in [6, 6.07) is 13.7. The van der Waals surface area contributed by atoms with Crippen LogP contribution in [0.2, 0.25) is 0 Å². The van der Waals surface area contributed by atoms with Crippen LogP contribution in [0.3, 0.4) is 0 Å². The summed E-state index contributed by atoms with van der Waals surface area (Å²) >= 11 is 7.19. The van der Waals surface area contributed by atoms with Crippen molar-refractivity contribution in [1.82, 2.24) is 0 Å². The fourth-order valence-corrected chi connectivity index (χ4v) is 5.33. The summed E-state index contributed by atoms with van der Waals surface area (Å²) in [6.07, 6.45) is 1.38. The molecular formula is C23H21Br2NO5. The molecule has 0 N–H and O–H groups in total. The van der Waals surface area contributed by atoms with Crippen LogP contribution >= 0.6 is 31.9 Å². The maximum Gasteiger partial charge on any atom is 0.315 e. The van der Waals surface area contributed by atoms with Gasteiger partial charge in [0, 0.05) is 9.65 Å².